The third-order valence-corrected chi connectivity index (χ3v) is 3.23. The SMILES string of the molecule is Cc1nc(C)c(C(=O)NCCC2=CCCCC2)o1. The fourth-order valence-electron chi connectivity index (χ4n) is 2.29. The molecule has 1 aromatic heterocycles. The second-order valence-electron chi connectivity index (χ2n) is 4.76. The van der Waals surface area contributed by atoms with E-state index < -0.39 is 0 Å². The molecule has 1 aliphatic carbocycles. The quantitative estimate of drug-likeness (QED) is 0.833. The zero-order valence-corrected chi connectivity index (χ0v) is 11.1. The molecule has 0 radical (unpaired) electrons. The molecule has 4 heteroatoms. The molecule has 18 heavy (non-hydrogen) atoms. The summed E-state index contributed by atoms with van der Waals surface area (Å²) in [6.07, 6.45) is 8.18. The molecule has 0 saturated carbocycles. The molecular weight excluding hydrogens is 228 g/mol. The van der Waals surface area contributed by atoms with E-state index in [2.05, 4.69) is 16.4 Å². The van der Waals surface area contributed by atoms with Gasteiger partial charge < -0.3 is 9.73 Å². The van der Waals surface area contributed by atoms with Crippen molar-refractivity contribution in [1.82, 2.24) is 10.3 Å². The van der Waals surface area contributed by atoms with Crippen molar-refractivity contribution in [1.29, 1.82) is 0 Å². The monoisotopic (exact) mass is 248 g/mol. The molecule has 0 bridgehead atoms. The number of carbonyl (C=O) groups is 1. The van der Waals surface area contributed by atoms with E-state index in [1.807, 2.05) is 0 Å². The van der Waals surface area contributed by atoms with Crippen molar-refractivity contribution in [2.75, 3.05) is 6.54 Å². The van der Waals surface area contributed by atoms with Gasteiger partial charge >= 0.3 is 0 Å². The Balaban J connectivity index is 1.81. The average molecular weight is 248 g/mol. The molecule has 1 N–H and O–H groups in total. The second kappa shape index (κ2) is 5.85. The fourth-order valence-corrected chi connectivity index (χ4v) is 2.29. The molecule has 1 aliphatic rings. The van der Waals surface area contributed by atoms with Crippen LogP contribution in [0.1, 0.15) is 54.2 Å². The lowest BCUT2D eigenvalue weighted by Crippen LogP contribution is -2.25. The number of nitrogens with one attached hydrogen (secondary N) is 1. The number of hydrogen-bond donors (Lipinski definition) is 1. The Morgan fingerprint density at radius 3 is 2.89 bits per heavy atom. The summed E-state index contributed by atoms with van der Waals surface area (Å²) >= 11 is 0. The number of carbonyl (C=O) groups excluding carboxylic acids is 1. The Labute approximate surface area is 107 Å². The van der Waals surface area contributed by atoms with E-state index in [1.54, 1.807) is 13.8 Å². The highest BCUT2D eigenvalue weighted by molar-refractivity contribution is 5.92. The van der Waals surface area contributed by atoms with Gasteiger partial charge in [-0.2, -0.15) is 0 Å². The van der Waals surface area contributed by atoms with Crippen LogP contribution in [-0.2, 0) is 0 Å². The molecule has 0 fully saturated rings. The third kappa shape index (κ3) is 3.22. The van der Waals surface area contributed by atoms with Crippen LogP contribution in [0, 0.1) is 13.8 Å². The zero-order chi connectivity index (χ0) is 13.0. The molecule has 0 saturated heterocycles. The molecule has 4 nitrogen and oxygen atoms in total. The van der Waals surface area contributed by atoms with E-state index in [9.17, 15) is 4.79 Å². The molecule has 0 atom stereocenters. The highest BCUT2D eigenvalue weighted by Crippen LogP contribution is 2.19. The molecule has 0 aliphatic heterocycles. The molecule has 1 heterocycles. The van der Waals surface area contributed by atoms with Gasteiger partial charge in [0.15, 0.2) is 5.89 Å². The van der Waals surface area contributed by atoms with Gasteiger partial charge in [-0.15, -0.1) is 0 Å². The Bertz CT molecular complexity index is 460. The molecule has 2 rings (SSSR count). The van der Waals surface area contributed by atoms with Gasteiger partial charge in [-0.25, -0.2) is 4.98 Å². The molecule has 0 unspecified atom stereocenters. The number of aromatic nitrogens is 1. The Kier molecular flexibility index (Phi) is 4.18. The lowest BCUT2D eigenvalue weighted by Gasteiger charge is -2.12. The van der Waals surface area contributed by atoms with Crippen molar-refractivity contribution in [3.8, 4) is 0 Å². The van der Waals surface area contributed by atoms with Gasteiger partial charge in [0.2, 0.25) is 5.76 Å². The minimum atomic E-state index is -0.162. The summed E-state index contributed by atoms with van der Waals surface area (Å²) in [7, 11) is 0. The lowest BCUT2D eigenvalue weighted by molar-refractivity contribution is 0.0924. The number of amides is 1. The van der Waals surface area contributed by atoms with Gasteiger partial charge in [-0.3, -0.25) is 4.79 Å². The topological polar surface area (TPSA) is 55.1 Å². The second-order valence-corrected chi connectivity index (χ2v) is 4.76. The standard InChI is InChI=1S/C14H20N2O2/c1-10-13(18-11(2)16-10)14(17)15-9-8-12-6-4-3-5-7-12/h6H,3-5,7-9H2,1-2H3,(H,15,17). The maximum atomic E-state index is 11.9. The fraction of sp³-hybridized carbons (Fsp3) is 0.571. The number of hydrogen-bond acceptors (Lipinski definition) is 3. The van der Waals surface area contributed by atoms with Crippen molar-refractivity contribution >= 4 is 5.91 Å². The molecule has 98 valence electrons. The molecule has 0 aromatic carbocycles. The van der Waals surface area contributed by atoms with E-state index in [1.165, 1.54) is 31.3 Å². The molecule has 1 amide bonds. The van der Waals surface area contributed by atoms with E-state index in [0.29, 0.717) is 23.9 Å². The number of allylic oxidation sites excluding steroid dienone is 1. The van der Waals surface area contributed by atoms with Crippen LogP contribution >= 0.6 is 0 Å². The first kappa shape index (κ1) is 12.9. The Hall–Kier alpha value is -1.58. The van der Waals surface area contributed by atoms with Crippen LogP contribution in [0.25, 0.3) is 0 Å². The number of rotatable bonds is 4. The highest BCUT2D eigenvalue weighted by Gasteiger charge is 2.15. The van der Waals surface area contributed by atoms with Gasteiger partial charge in [-0.1, -0.05) is 11.6 Å². The summed E-state index contributed by atoms with van der Waals surface area (Å²) in [6, 6.07) is 0. The predicted octanol–water partition coefficient (Wildman–Crippen LogP) is 2.91. The van der Waals surface area contributed by atoms with Crippen molar-refractivity contribution in [3.63, 3.8) is 0 Å². The molecule has 1 aromatic rings. The summed E-state index contributed by atoms with van der Waals surface area (Å²) in [5, 5.41) is 2.89. The summed E-state index contributed by atoms with van der Waals surface area (Å²) < 4.78 is 5.28. The van der Waals surface area contributed by atoms with Crippen LogP contribution < -0.4 is 5.32 Å². The smallest absolute Gasteiger partial charge is 0.289 e. The average Bonchev–Trinajstić information content (AvgIpc) is 2.70. The van der Waals surface area contributed by atoms with Crippen LogP contribution in [-0.4, -0.2) is 17.4 Å². The highest BCUT2D eigenvalue weighted by atomic mass is 16.4. The summed E-state index contributed by atoms with van der Waals surface area (Å²) in [5.41, 5.74) is 2.12. The van der Waals surface area contributed by atoms with Gasteiger partial charge in [0.05, 0.1) is 5.69 Å². The minimum absolute atomic E-state index is 0.162. The lowest BCUT2D eigenvalue weighted by atomic mass is 9.97. The summed E-state index contributed by atoms with van der Waals surface area (Å²) in [6.45, 7) is 4.20. The van der Waals surface area contributed by atoms with E-state index >= 15 is 0 Å². The van der Waals surface area contributed by atoms with Crippen LogP contribution in [0.5, 0.6) is 0 Å². The maximum absolute atomic E-state index is 11.9. The first-order chi connectivity index (χ1) is 8.66. The van der Waals surface area contributed by atoms with Gasteiger partial charge in [-0.05, 0) is 39.0 Å². The third-order valence-electron chi connectivity index (χ3n) is 3.23. The first-order valence-electron chi connectivity index (χ1n) is 6.57. The maximum Gasteiger partial charge on any atom is 0.289 e. The van der Waals surface area contributed by atoms with Gasteiger partial charge in [0.25, 0.3) is 5.91 Å². The van der Waals surface area contributed by atoms with Crippen molar-refractivity contribution in [3.05, 3.63) is 29.0 Å². The van der Waals surface area contributed by atoms with E-state index in [0.717, 1.165) is 6.42 Å². The largest absolute Gasteiger partial charge is 0.436 e. The Morgan fingerprint density at radius 2 is 2.28 bits per heavy atom. The number of oxazole rings is 1. The van der Waals surface area contributed by atoms with Crippen molar-refractivity contribution < 1.29 is 9.21 Å². The van der Waals surface area contributed by atoms with Gasteiger partial charge in [0, 0.05) is 13.5 Å². The number of aryl methyl sites for hydroxylation is 2. The van der Waals surface area contributed by atoms with Crippen molar-refractivity contribution in [2.45, 2.75) is 46.0 Å². The van der Waals surface area contributed by atoms with E-state index in [-0.39, 0.29) is 5.91 Å². The van der Waals surface area contributed by atoms with Crippen LogP contribution in [0.2, 0.25) is 0 Å². The minimum Gasteiger partial charge on any atom is -0.436 e. The van der Waals surface area contributed by atoms with E-state index in [4.69, 9.17) is 4.42 Å². The van der Waals surface area contributed by atoms with Crippen LogP contribution in [0.3, 0.4) is 0 Å². The predicted molar refractivity (Wildman–Crippen MR) is 69.5 cm³/mol. The zero-order valence-electron chi connectivity index (χ0n) is 11.1. The normalized spacial score (nSPS) is 15.3. The van der Waals surface area contributed by atoms with Gasteiger partial charge in [0.1, 0.15) is 0 Å². The first-order valence-corrected chi connectivity index (χ1v) is 6.57. The van der Waals surface area contributed by atoms with Crippen molar-refractivity contribution in [2.24, 2.45) is 0 Å². The number of nitrogens with zero attached hydrogens (tertiary/aromatic N) is 1. The summed E-state index contributed by atoms with van der Waals surface area (Å²) in [5.74, 6) is 0.710. The van der Waals surface area contributed by atoms with Crippen LogP contribution in [0.4, 0.5) is 0 Å². The Morgan fingerprint density at radius 1 is 1.44 bits per heavy atom. The van der Waals surface area contributed by atoms with Crippen LogP contribution in [0.15, 0.2) is 16.1 Å². The molecule has 0 spiro atoms. The summed E-state index contributed by atoms with van der Waals surface area (Å²) in [4.78, 5) is 15.9. The molecular formula is C14H20N2O2.